The Morgan fingerprint density at radius 1 is 1.28 bits per heavy atom. The van der Waals surface area contributed by atoms with E-state index in [0.29, 0.717) is 35.6 Å². The van der Waals surface area contributed by atoms with Crippen molar-refractivity contribution in [3.8, 4) is 11.8 Å². The van der Waals surface area contributed by atoms with Crippen molar-refractivity contribution in [1.82, 2.24) is 15.1 Å². The molecule has 25 heavy (non-hydrogen) atoms. The van der Waals surface area contributed by atoms with Gasteiger partial charge in [0.1, 0.15) is 6.10 Å². The smallest absolute Gasteiger partial charge is 0.321 e. The summed E-state index contributed by atoms with van der Waals surface area (Å²) in [4.78, 5) is 14.2. The summed E-state index contributed by atoms with van der Waals surface area (Å²) in [7, 11) is 1.53. The molecule has 1 N–H and O–H groups in total. The highest BCUT2D eigenvalue weighted by Gasteiger charge is 2.25. The van der Waals surface area contributed by atoms with Crippen LogP contribution in [-0.4, -0.2) is 47.4 Å². The number of anilines is 1. The van der Waals surface area contributed by atoms with E-state index in [-0.39, 0.29) is 12.1 Å². The third kappa shape index (κ3) is 4.73. The van der Waals surface area contributed by atoms with Crippen molar-refractivity contribution in [2.75, 3.05) is 25.5 Å². The second-order valence-electron chi connectivity index (χ2n) is 5.68. The number of amides is 2. The first-order valence-corrected chi connectivity index (χ1v) is 8.38. The Morgan fingerprint density at radius 3 is 2.80 bits per heavy atom. The summed E-state index contributed by atoms with van der Waals surface area (Å²) < 4.78 is 10.8. The van der Waals surface area contributed by atoms with Gasteiger partial charge in [-0.25, -0.2) is 4.79 Å². The molecule has 7 nitrogen and oxygen atoms in total. The average molecular weight is 363 g/mol. The lowest BCUT2D eigenvalue weighted by Gasteiger charge is -2.32. The molecule has 2 amide bonds. The fourth-order valence-corrected chi connectivity index (χ4v) is 2.83. The van der Waals surface area contributed by atoms with E-state index in [4.69, 9.17) is 21.1 Å². The fraction of sp³-hybridized carbons (Fsp3) is 0.353. The quantitative estimate of drug-likeness (QED) is 0.903. The average Bonchev–Trinajstić information content (AvgIpc) is 2.62. The van der Waals surface area contributed by atoms with Gasteiger partial charge in [0.15, 0.2) is 0 Å². The zero-order chi connectivity index (χ0) is 17.6. The number of methoxy groups -OCH3 is 1. The van der Waals surface area contributed by atoms with Crippen molar-refractivity contribution in [3.63, 3.8) is 0 Å². The predicted molar refractivity (Wildman–Crippen MR) is 94.3 cm³/mol. The molecule has 2 heterocycles. The van der Waals surface area contributed by atoms with Crippen molar-refractivity contribution < 1.29 is 14.3 Å². The van der Waals surface area contributed by atoms with Crippen LogP contribution in [0.2, 0.25) is 5.02 Å². The van der Waals surface area contributed by atoms with Crippen LogP contribution in [0.1, 0.15) is 12.8 Å². The highest BCUT2D eigenvalue weighted by Crippen LogP contribution is 2.19. The molecular weight excluding hydrogens is 344 g/mol. The minimum Gasteiger partial charge on any atom is -0.480 e. The van der Waals surface area contributed by atoms with E-state index in [1.165, 1.54) is 7.11 Å². The molecule has 2 aromatic rings. The first-order valence-electron chi connectivity index (χ1n) is 8.00. The number of carbonyl (C=O) groups excluding carboxylic acids is 1. The van der Waals surface area contributed by atoms with E-state index in [9.17, 15) is 4.79 Å². The lowest BCUT2D eigenvalue weighted by molar-refractivity contribution is 0.101. The van der Waals surface area contributed by atoms with Crippen LogP contribution in [0.3, 0.4) is 0 Å². The molecule has 1 aromatic heterocycles. The summed E-state index contributed by atoms with van der Waals surface area (Å²) in [5.74, 6) is 0.849. The van der Waals surface area contributed by atoms with Gasteiger partial charge in [0.25, 0.3) is 0 Å². The van der Waals surface area contributed by atoms with Crippen LogP contribution in [-0.2, 0) is 0 Å². The minimum atomic E-state index is -0.170. The molecule has 1 fully saturated rings. The minimum absolute atomic E-state index is 0.124. The van der Waals surface area contributed by atoms with Gasteiger partial charge >= 0.3 is 6.03 Å². The number of benzene rings is 1. The van der Waals surface area contributed by atoms with Crippen LogP contribution in [0.15, 0.2) is 36.4 Å². The summed E-state index contributed by atoms with van der Waals surface area (Å²) in [6, 6.07) is 10.3. The lowest BCUT2D eigenvalue weighted by Crippen LogP contribution is -2.46. The van der Waals surface area contributed by atoms with Crippen molar-refractivity contribution in [1.29, 1.82) is 0 Å². The number of piperidine rings is 1. The van der Waals surface area contributed by atoms with Gasteiger partial charge < -0.3 is 19.7 Å². The molecule has 1 atom stereocenters. The molecule has 132 valence electrons. The van der Waals surface area contributed by atoms with Crippen LogP contribution in [0.5, 0.6) is 11.8 Å². The molecule has 0 radical (unpaired) electrons. The SMILES string of the molecule is COc1ccc(OC2CCCN(C(=O)Nc3cccc(Cl)c3)C2)nn1. The number of urea groups is 1. The third-order valence-electron chi connectivity index (χ3n) is 3.85. The standard InChI is InChI=1S/C17H19ClN4O3/c1-24-15-7-8-16(21-20-15)25-14-6-3-9-22(11-14)17(23)19-13-5-2-4-12(18)10-13/h2,4-5,7-8,10,14H,3,6,9,11H2,1H3,(H,19,23). The maximum atomic E-state index is 12.4. The number of carbonyl (C=O) groups is 1. The number of likely N-dealkylation sites (tertiary alicyclic amines) is 1. The van der Waals surface area contributed by atoms with Gasteiger partial charge in [-0.3, -0.25) is 0 Å². The van der Waals surface area contributed by atoms with E-state index < -0.39 is 0 Å². The molecule has 8 heteroatoms. The highest BCUT2D eigenvalue weighted by molar-refractivity contribution is 6.30. The molecule has 1 aliphatic rings. The normalized spacial score (nSPS) is 17.0. The summed E-state index contributed by atoms with van der Waals surface area (Å²) in [5, 5.41) is 11.3. The summed E-state index contributed by atoms with van der Waals surface area (Å²) in [6.45, 7) is 1.17. The van der Waals surface area contributed by atoms with Crippen molar-refractivity contribution in [2.45, 2.75) is 18.9 Å². The number of rotatable bonds is 4. The van der Waals surface area contributed by atoms with Gasteiger partial charge in [-0.1, -0.05) is 17.7 Å². The number of hydrogen-bond donors (Lipinski definition) is 1. The molecule has 0 spiro atoms. The second kappa shape index (κ2) is 8.02. The second-order valence-corrected chi connectivity index (χ2v) is 6.12. The predicted octanol–water partition coefficient (Wildman–Crippen LogP) is 3.21. The van der Waals surface area contributed by atoms with Crippen LogP contribution >= 0.6 is 11.6 Å². The van der Waals surface area contributed by atoms with Gasteiger partial charge in [-0.05, 0) is 31.0 Å². The molecule has 0 aliphatic carbocycles. The highest BCUT2D eigenvalue weighted by atomic mass is 35.5. The zero-order valence-corrected chi connectivity index (χ0v) is 14.6. The number of aromatic nitrogens is 2. The Hall–Kier alpha value is -2.54. The molecular formula is C17H19ClN4O3. The Balaban J connectivity index is 1.57. The molecule has 1 aliphatic heterocycles. The fourth-order valence-electron chi connectivity index (χ4n) is 2.64. The molecule has 0 saturated carbocycles. The zero-order valence-electron chi connectivity index (χ0n) is 13.8. The summed E-state index contributed by atoms with van der Waals surface area (Å²) >= 11 is 5.94. The number of nitrogens with one attached hydrogen (secondary N) is 1. The molecule has 1 unspecified atom stereocenters. The van der Waals surface area contributed by atoms with Gasteiger partial charge in [0, 0.05) is 29.4 Å². The molecule has 3 rings (SSSR count). The number of hydrogen-bond acceptors (Lipinski definition) is 5. The Kier molecular flexibility index (Phi) is 5.55. The first kappa shape index (κ1) is 17.3. The van der Waals surface area contributed by atoms with Crippen molar-refractivity contribution >= 4 is 23.3 Å². The van der Waals surface area contributed by atoms with Crippen LogP contribution in [0.4, 0.5) is 10.5 Å². The molecule has 1 saturated heterocycles. The first-order chi connectivity index (χ1) is 12.1. The maximum absolute atomic E-state index is 12.4. The van der Waals surface area contributed by atoms with Gasteiger partial charge in [-0.15, -0.1) is 10.2 Å². The summed E-state index contributed by atoms with van der Waals surface area (Å²) in [5.41, 5.74) is 0.668. The number of halogens is 1. The number of nitrogens with zero attached hydrogens (tertiary/aromatic N) is 3. The monoisotopic (exact) mass is 362 g/mol. The molecule has 0 bridgehead atoms. The van der Waals surface area contributed by atoms with Crippen molar-refractivity contribution in [2.24, 2.45) is 0 Å². The Morgan fingerprint density at radius 2 is 2.08 bits per heavy atom. The maximum Gasteiger partial charge on any atom is 0.321 e. The Bertz CT molecular complexity index is 726. The topological polar surface area (TPSA) is 76.6 Å². The lowest BCUT2D eigenvalue weighted by atomic mass is 10.1. The molecule has 1 aromatic carbocycles. The van der Waals surface area contributed by atoms with E-state index in [0.717, 1.165) is 12.8 Å². The van der Waals surface area contributed by atoms with Crippen LogP contribution < -0.4 is 14.8 Å². The van der Waals surface area contributed by atoms with E-state index >= 15 is 0 Å². The van der Waals surface area contributed by atoms with Crippen molar-refractivity contribution in [3.05, 3.63) is 41.4 Å². The Labute approximate surface area is 150 Å². The van der Waals surface area contributed by atoms with Gasteiger partial charge in [-0.2, -0.15) is 0 Å². The van der Waals surface area contributed by atoms with Gasteiger partial charge in [0.05, 0.1) is 13.7 Å². The van der Waals surface area contributed by atoms with Gasteiger partial charge in [0.2, 0.25) is 11.8 Å². The van der Waals surface area contributed by atoms with E-state index in [1.807, 2.05) is 0 Å². The van der Waals surface area contributed by atoms with E-state index in [2.05, 4.69) is 15.5 Å². The number of ether oxygens (including phenoxy) is 2. The van der Waals surface area contributed by atoms with Crippen LogP contribution in [0.25, 0.3) is 0 Å². The summed E-state index contributed by atoms with van der Waals surface area (Å²) in [6.07, 6.45) is 1.59. The third-order valence-corrected chi connectivity index (χ3v) is 4.09. The van der Waals surface area contributed by atoms with E-state index in [1.54, 1.807) is 41.3 Å². The largest absolute Gasteiger partial charge is 0.480 e. The van der Waals surface area contributed by atoms with Crippen LogP contribution in [0, 0.1) is 0 Å².